The van der Waals surface area contributed by atoms with Crippen molar-refractivity contribution in [3.8, 4) is 17.5 Å². The molecule has 0 spiro atoms. The van der Waals surface area contributed by atoms with Gasteiger partial charge in [0.15, 0.2) is 0 Å². The monoisotopic (exact) mass is 413 g/mol. The highest BCUT2D eigenvalue weighted by Gasteiger charge is 2.15. The summed E-state index contributed by atoms with van der Waals surface area (Å²) in [6.45, 7) is 10.6. The molecule has 1 N–H and O–H groups in total. The average molecular weight is 414 g/mol. The topological polar surface area (TPSA) is 67.0 Å². The summed E-state index contributed by atoms with van der Waals surface area (Å²) in [5.74, 6) is 0.215. The molecule has 2 aromatic carbocycles. The Morgan fingerprint density at radius 3 is 2.58 bits per heavy atom. The highest BCUT2D eigenvalue weighted by molar-refractivity contribution is 6.09. The normalized spacial score (nSPS) is 11.2. The van der Waals surface area contributed by atoms with Gasteiger partial charge < -0.3 is 14.6 Å². The van der Waals surface area contributed by atoms with E-state index >= 15 is 0 Å². The van der Waals surface area contributed by atoms with Crippen LogP contribution in [0.25, 0.3) is 11.8 Å². The Morgan fingerprint density at radius 2 is 1.90 bits per heavy atom. The molecule has 1 amide bonds. The maximum Gasteiger partial charge on any atom is 0.266 e. The molecule has 0 saturated heterocycles. The van der Waals surface area contributed by atoms with Gasteiger partial charge in [-0.25, -0.2) is 0 Å². The summed E-state index contributed by atoms with van der Waals surface area (Å²) in [5, 5.41) is 12.4. The number of amides is 1. The standard InChI is InChI=1S/C26H27N3O2/c1-6-31-24-9-7-8-23(15-24)28-26(30)22(16-27)14-21-13-19(4)29(20(21)5)25-11-10-17(2)12-18(25)3/h7-15H,6H2,1-5H3,(H,28,30). The summed E-state index contributed by atoms with van der Waals surface area (Å²) < 4.78 is 7.62. The SMILES string of the molecule is CCOc1cccc(NC(=O)C(C#N)=Cc2cc(C)n(-c3ccc(C)cc3C)c2C)c1. The van der Waals surface area contributed by atoms with E-state index in [1.54, 1.807) is 24.3 Å². The fourth-order valence-electron chi connectivity index (χ4n) is 3.69. The first-order valence-electron chi connectivity index (χ1n) is 10.3. The number of nitrogens with one attached hydrogen (secondary N) is 1. The van der Waals surface area contributed by atoms with E-state index in [1.165, 1.54) is 11.1 Å². The van der Waals surface area contributed by atoms with Gasteiger partial charge in [0.2, 0.25) is 0 Å². The zero-order chi connectivity index (χ0) is 22.5. The summed E-state index contributed by atoms with van der Waals surface area (Å²) in [4.78, 5) is 12.7. The molecule has 0 aliphatic heterocycles. The van der Waals surface area contributed by atoms with Crippen molar-refractivity contribution < 1.29 is 9.53 Å². The van der Waals surface area contributed by atoms with Crippen LogP contribution >= 0.6 is 0 Å². The highest BCUT2D eigenvalue weighted by Crippen LogP contribution is 2.26. The van der Waals surface area contributed by atoms with Crippen LogP contribution in [0.3, 0.4) is 0 Å². The van der Waals surface area contributed by atoms with E-state index < -0.39 is 5.91 Å². The first-order valence-corrected chi connectivity index (χ1v) is 10.3. The van der Waals surface area contributed by atoms with Crippen LogP contribution in [0.4, 0.5) is 5.69 Å². The number of benzene rings is 2. The fraction of sp³-hybridized carbons (Fsp3) is 0.231. The number of carbonyl (C=O) groups excluding carboxylic acids is 1. The zero-order valence-electron chi connectivity index (χ0n) is 18.6. The van der Waals surface area contributed by atoms with Crippen molar-refractivity contribution in [3.63, 3.8) is 0 Å². The lowest BCUT2D eigenvalue weighted by atomic mass is 10.1. The van der Waals surface area contributed by atoms with Crippen LogP contribution in [-0.4, -0.2) is 17.1 Å². The van der Waals surface area contributed by atoms with Crippen LogP contribution in [0.2, 0.25) is 0 Å². The minimum Gasteiger partial charge on any atom is -0.494 e. The van der Waals surface area contributed by atoms with E-state index in [9.17, 15) is 10.1 Å². The number of hydrogen-bond acceptors (Lipinski definition) is 3. The minimum absolute atomic E-state index is 0.0442. The van der Waals surface area contributed by atoms with E-state index in [0.29, 0.717) is 18.0 Å². The van der Waals surface area contributed by atoms with Crippen LogP contribution < -0.4 is 10.1 Å². The largest absolute Gasteiger partial charge is 0.494 e. The van der Waals surface area contributed by atoms with Gasteiger partial charge in [0.05, 0.1) is 6.61 Å². The molecule has 0 fully saturated rings. The number of aryl methyl sites for hydroxylation is 3. The maximum absolute atomic E-state index is 12.7. The maximum atomic E-state index is 12.7. The number of ether oxygens (including phenoxy) is 1. The number of hydrogen-bond donors (Lipinski definition) is 1. The summed E-state index contributed by atoms with van der Waals surface area (Å²) in [5.41, 5.74) is 6.95. The summed E-state index contributed by atoms with van der Waals surface area (Å²) in [7, 11) is 0. The molecule has 1 aromatic heterocycles. The van der Waals surface area contributed by atoms with Crippen LogP contribution in [0.5, 0.6) is 5.75 Å². The first kappa shape index (κ1) is 21.9. The van der Waals surface area contributed by atoms with E-state index in [-0.39, 0.29) is 5.57 Å². The molecular weight excluding hydrogens is 386 g/mol. The second kappa shape index (κ2) is 9.36. The third-order valence-electron chi connectivity index (χ3n) is 5.13. The van der Waals surface area contributed by atoms with E-state index in [2.05, 4.69) is 41.9 Å². The van der Waals surface area contributed by atoms with Crippen molar-refractivity contribution >= 4 is 17.7 Å². The molecular formula is C26H27N3O2. The number of rotatable bonds is 6. The lowest BCUT2D eigenvalue weighted by molar-refractivity contribution is -0.112. The Balaban J connectivity index is 1.92. The Hall–Kier alpha value is -3.78. The summed E-state index contributed by atoms with van der Waals surface area (Å²) >= 11 is 0. The van der Waals surface area contributed by atoms with Gasteiger partial charge in [-0.05, 0) is 76.1 Å². The van der Waals surface area contributed by atoms with Crippen LogP contribution in [-0.2, 0) is 4.79 Å². The van der Waals surface area contributed by atoms with Crippen molar-refractivity contribution in [1.82, 2.24) is 4.57 Å². The molecule has 0 aliphatic rings. The van der Waals surface area contributed by atoms with Gasteiger partial charge in [-0.15, -0.1) is 0 Å². The Labute approximate surface area is 183 Å². The number of nitriles is 1. The minimum atomic E-state index is -0.451. The van der Waals surface area contributed by atoms with Crippen molar-refractivity contribution in [2.45, 2.75) is 34.6 Å². The predicted molar refractivity (Wildman–Crippen MR) is 125 cm³/mol. The van der Waals surface area contributed by atoms with Gasteiger partial charge in [0, 0.05) is 28.8 Å². The molecule has 0 atom stereocenters. The summed E-state index contributed by atoms with van der Waals surface area (Å²) in [6, 6.07) is 17.5. The van der Waals surface area contributed by atoms with Crippen molar-refractivity contribution in [2.24, 2.45) is 0 Å². The van der Waals surface area contributed by atoms with Crippen LogP contribution in [0.15, 0.2) is 54.1 Å². The second-order valence-electron chi connectivity index (χ2n) is 7.54. The van der Waals surface area contributed by atoms with Crippen LogP contribution in [0.1, 0.15) is 35.0 Å². The fourth-order valence-corrected chi connectivity index (χ4v) is 3.69. The molecule has 3 rings (SSSR count). The van der Waals surface area contributed by atoms with Gasteiger partial charge in [-0.1, -0.05) is 23.8 Å². The van der Waals surface area contributed by atoms with Gasteiger partial charge in [0.1, 0.15) is 17.4 Å². The van der Waals surface area contributed by atoms with Crippen molar-refractivity contribution in [3.05, 3.63) is 82.2 Å². The summed E-state index contributed by atoms with van der Waals surface area (Å²) in [6.07, 6.45) is 1.64. The molecule has 0 aliphatic carbocycles. The molecule has 5 heteroatoms. The number of anilines is 1. The number of aromatic nitrogens is 1. The number of carbonyl (C=O) groups is 1. The third-order valence-corrected chi connectivity index (χ3v) is 5.13. The molecule has 5 nitrogen and oxygen atoms in total. The van der Waals surface area contributed by atoms with Gasteiger partial charge in [0.25, 0.3) is 5.91 Å². The van der Waals surface area contributed by atoms with Gasteiger partial charge >= 0.3 is 0 Å². The smallest absolute Gasteiger partial charge is 0.266 e. The number of nitrogens with zero attached hydrogens (tertiary/aromatic N) is 2. The van der Waals surface area contributed by atoms with E-state index in [0.717, 1.165) is 22.6 Å². The average Bonchev–Trinajstić information content (AvgIpc) is 3.00. The Kier molecular flexibility index (Phi) is 6.61. The van der Waals surface area contributed by atoms with E-state index in [4.69, 9.17) is 4.74 Å². The third kappa shape index (κ3) is 4.87. The molecule has 3 aromatic rings. The second-order valence-corrected chi connectivity index (χ2v) is 7.54. The molecule has 0 unspecified atom stereocenters. The molecule has 0 saturated carbocycles. The molecule has 0 bridgehead atoms. The molecule has 31 heavy (non-hydrogen) atoms. The molecule has 0 radical (unpaired) electrons. The molecule has 158 valence electrons. The van der Waals surface area contributed by atoms with Crippen LogP contribution in [0, 0.1) is 39.0 Å². The predicted octanol–water partition coefficient (Wildman–Crippen LogP) is 5.66. The molecule has 1 heterocycles. The first-order chi connectivity index (χ1) is 14.8. The van der Waals surface area contributed by atoms with Gasteiger partial charge in [-0.2, -0.15) is 5.26 Å². The van der Waals surface area contributed by atoms with E-state index in [1.807, 2.05) is 39.0 Å². The van der Waals surface area contributed by atoms with Crippen molar-refractivity contribution in [1.29, 1.82) is 5.26 Å². The lowest BCUT2D eigenvalue weighted by Gasteiger charge is -2.13. The zero-order valence-corrected chi connectivity index (χ0v) is 18.6. The quantitative estimate of drug-likeness (QED) is 0.419. The Morgan fingerprint density at radius 1 is 1.13 bits per heavy atom. The highest BCUT2D eigenvalue weighted by atomic mass is 16.5. The van der Waals surface area contributed by atoms with Crippen molar-refractivity contribution in [2.75, 3.05) is 11.9 Å². The Bertz CT molecular complexity index is 1200. The van der Waals surface area contributed by atoms with Gasteiger partial charge in [-0.3, -0.25) is 4.79 Å². The lowest BCUT2D eigenvalue weighted by Crippen LogP contribution is -2.13.